The van der Waals surface area contributed by atoms with E-state index in [1.54, 1.807) is 0 Å². The number of unbranched alkanes of at least 4 members (excludes halogenated alkanes) is 1. The zero-order valence-corrected chi connectivity index (χ0v) is 19.6. The van der Waals surface area contributed by atoms with Crippen LogP contribution in [0.2, 0.25) is 0 Å². The molecule has 0 amide bonds. The summed E-state index contributed by atoms with van der Waals surface area (Å²) >= 11 is 0. The Morgan fingerprint density at radius 3 is 2.21 bits per heavy atom. The van der Waals surface area contributed by atoms with Crippen LogP contribution in [-0.4, -0.2) is 23.7 Å². The highest BCUT2D eigenvalue weighted by molar-refractivity contribution is 5.81. The first kappa shape index (κ1) is 24.2. The predicted octanol–water partition coefficient (Wildman–Crippen LogP) is 6.33. The molecule has 5 atom stereocenters. The summed E-state index contributed by atoms with van der Waals surface area (Å²) in [6.45, 7) is 14.6. The van der Waals surface area contributed by atoms with Crippen LogP contribution < -0.4 is 0 Å². The van der Waals surface area contributed by atoms with Gasteiger partial charge in [0.2, 0.25) is 0 Å². The minimum atomic E-state index is -0.848. The standard InChI is InChI=1S/C25H44O4/c1-7-8-13-20-17(14-15-21(24(2,3)4)25(20,5)6)16-29-23(28)19-12-10-9-11-18(19)22(26)27/h17-21H,7-16H2,1-6H3,(H,26,27). The summed E-state index contributed by atoms with van der Waals surface area (Å²) < 4.78 is 5.82. The van der Waals surface area contributed by atoms with Gasteiger partial charge in [-0.3, -0.25) is 9.59 Å². The lowest BCUT2D eigenvalue weighted by atomic mass is 9.51. The topological polar surface area (TPSA) is 63.6 Å². The normalized spacial score (nSPS) is 32.6. The van der Waals surface area contributed by atoms with Crippen molar-refractivity contribution in [3.8, 4) is 0 Å². The maximum atomic E-state index is 12.8. The number of hydrogen-bond acceptors (Lipinski definition) is 3. The summed E-state index contributed by atoms with van der Waals surface area (Å²) in [6.07, 6.45) is 8.90. The van der Waals surface area contributed by atoms with Crippen molar-refractivity contribution in [2.45, 2.75) is 99.3 Å². The van der Waals surface area contributed by atoms with Crippen molar-refractivity contribution in [1.29, 1.82) is 0 Å². The predicted molar refractivity (Wildman–Crippen MR) is 117 cm³/mol. The van der Waals surface area contributed by atoms with Crippen LogP contribution in [0.4, 0.5) is 0 Å². The second-order valence-corrected chi connectivity index (χ2v) is 11.3. The molecule has 1 N–H and O–H groups in total. The van der Waals surface area contributed by atoms with Gasteiger partial charge < -0.3 is 9.84 Å². The van der Waals surface area contributed by atoms with Crippen LogP contribution >= 0.6 is 0 Å². The lowest BCUT2D eigenvalue weighted by Crippen LogP contribution is -2.48. The lowest BCUT2D eigenvalue weighted by molar-refractivity contribution is -0.163. The van der Waals surface area contributed by atoms with Gasteiger partial charge in [-0.1, -0.05) is 67.2 Å². The van der Waals surface area contributed by atoms with E-state index in [-0.39, 0.29) is 16.8 Å². The zero-order chi connectivity index (χ0) is 21.8. The van der Waals surface area contributed by atoms with Crippen LogP contribution in [0.15, 0.2) is 0 Å². The molecule has 4 nitrogen and oxygen atoms in total. The average Bonchev–Trinajstić information content (AvgIpc) is 2.63. The maximum Gasteiger partial charge on any atom is 0.309 e. The molecule has 2 aliphatic rings. The van der Waals surface area contributed by atoms with Gasteiger partial charge in [0, 0.05) is 0 Å². The molecule has 4 heteroatoms. The molecule has 2 rings (SSSR count). The maximum absolute atomic E-state index is 12.8. The van der Waals surface area contributed by atoms with E-state index in [0.717, 1.165) is 19.3 Å². The number of ether oxygens (including phenoxy) is 1. The fourth-order valence-corrected chi connectivity index (χ4v) is 6.60. The molecule has 2 saturated carbocycles. The number of carboxylic acids is 1. The number of carbonyl (C=O) groups is 2. The fourth-order valence-electron chi connectivity index (χ4n) is 6.60. The summed E-state index contributed by atoms with van der Waals surface area (Å²) in [5, 5.41) is 9.48. The summed E-state index contributed by atoms with van der Waals surface area (Å²) in [6, 6.07) is 0. The Balaban J connectivity index is 2.08. The van der Waals surface area contributed by atoms with Crippen molar-refractivity contribution < 1.29 is 19.4 Å². The van der Waals surface area contributed by atoms with E-state index in [1.807, 2.05) is 0 Å². The van der Waals surface area contributed by atoms with Gasteiger partial charge >= 0.3 is 11.9 Å². The molecule has 5 unspecified atom stereocenters. The van der Waals surface area contributed by atoms with Crippen molar-refractivity contribution in [1.82, 2.24) is 0 Å². The molecule has 2 fully saturated rings. The van der Waals surface area contributed by atoms with Crippen molar-refractivity contribution >= 4 is 11.9 Å². The Bertz CT molecular complexity index is 560. The van der Waals surface area contributed by atoms with Crippen molar-refractivity contribution in [3.05, 3.63) is 0 Å². The smallest absolute Gasteiger partial charge is 0.309 e. The van der Waals surface area contributed by atoms with E-state index < -0.39 is 17.8 Å². The monoisotopic (exact) mass is 408 g/mol. The van der Waals surface area contributed by atoms with Gasteiger partial charge in [-0.2, -0.15) is 0 Å². The van der Waals surface area contributed by atoms with Gasteiger partial charge in [0.05, 0.1) is 18.4 Å². The molecule has 2 aliphatic carbocycles. The second-order valence-electron chi connectivity index (χ2n) is 11.3. The average molecular weight is 409 g/mol. The van der Waals surface area contributed by atoms with E-state index in [9.17, 15) is 14.7 Å². The Morgan fingerprint density at radius 1 is 1.03 bits per heavy atom. The van der Waals surface area contributed by atoms with Crippen LogP contribution in [0.3, 0.4) is 0 Å². The molecular weight excluding hydrogens is 364 g/mol. The Morgan fingerprint density at radius 2 is 1.66 bits per heavy atom. The molecule has 0 aromatic rings. The SMILES string of the molecule is CCCCC1C(COC(=O)C2CCCCC2C(=O)O)CCC(C(C)(C)C)C1(C)C. The molecular formula is C25H44O4. The van der Waals surface area contributed by atoms with Crippen LogP contribution in [-0.2, 0) is 14.3 Å². The summed E-state index contributed by atoms with van der Waals surface area (Å²) in [4.78, 5) is 24.3. The molecule has 0 aromatic carbocycles. The minimum absolute atomic E-state index is 0.206. The van der Waals surface area contributed by atoms with E-state index >= 15 is 0 Å². The van der Waals surface area contributed by atoms with Gasteiger partial charge in [-0.15, -0.1) is 0 Å². The van der Waals surface area contributed by atoms with E-state index in [4.69, 9.17) is 4.74 Å². The Hall–Kier alpha value is -1.06. The molecule has 0 bridgehead atoms. The van der Waals surface area contributed by atoms with Crippen molar-refractivity contribution in [3.63, 3.8) is 0 Å². The molecule has 0 spiro atoms. The van der Waals surface area contributed by atoms with E-state index in [0.29, 0.717) is 37.2 Å². The number of esters is 1. The molecule has 0 aliphatic heterocycles. The summed E-state index contributed by atoms with van der Waals surface area (Å²) in [5.41, 5.74) is 0.476. The largest absolute Gasteiger partial charge is 0.481 e. The number of hydrogen-bond donors (Lipinski definition) is 1. The van der Waals surface area contributed by atoms with Crippen LogP contribution in [0.1, 0.15) is 99.3 Å². The molecule has 0 radical (unpaired) electrons. The van der Waals surface area contributed by atoms with Gasteiger partial charge in [0.25, 0.3) is 0 Å². The van der Waals surface area contributed by atoms with Crippen molar-refractivity contribution in [2.24, 2.45) is 40.4 Å². The van der Waals surface area contributed by atoms with Crippen LogP contribution in [0.5, 0.6) is 0 Å². The minimum Gasteiger partial charge on any atom is -0.481 e. The van der Waals surface area contributed by atoms with Gasteiger partial charge in [-0.25, -0.2) is 0 Å². The van der Waals surface area contributed by atoms with Crippen molar-refractivity contribution in [2.75, 3.05) is 6.61 Å². The summed E-state index contributed by atoms with van der Waals surface area (Å²) in [5.74, 6) is -0.588. The number of rotatable bonds is 7. The molecule has 0 saturated heterocycles. The van der Waals surface area contributed by atoms with E-state index in [2.05, 4.69) is 41.5 Å². The first-order chi connectivity index (χ1) is 13.5. The second kappa shape index (κ2) is 9.83. The van der Waals surface area contributed by atoms with Crippen LogP contribution in [0, 0.1) is 40.4 Å². The highest BCUT2D eigenvalue weighted by Gasteiger charge is 2.49. The highest BCUT2D eigenvalue weighted by atomic mass is 16.5. The first-order valence-corrected chi connectivity index (χ1v) is 11.9. The molecule has 168 valence electrons. The first-order valence-electron chi connectivity index (χ1n) is 11.9. The third kappa shape index (κ3) is 5.76. The molecule has 0 heterocycles. The zero-order valence-electron chi connectivity index (χ0n) is 19.6. The number of carbonyl (C=O) groups excluding carboxylic acids is 1. The Labute approximate surface area is 178 Å². The Kier molecular flexibility index (Phi) is 8.21. The van der Waals surface area contributed by atoms with Gasteiger partial charge in [-0.05, 0) is 60.7 Å². The van der Waals surface area contributed by atoms with Gasteiger partial charge in [0.15, 0.2) is 0 Å². The quantitative estimate of drug-likeness (QED) is 0.500. The molecule has 29 heavy (non-hydrogen) atoms. The van der Waals surface area contributed by atoms with E-state index in [1.165, 1.54) is 25.7 Å². The van der Waals surface area contributed by atoms with Crippen LogP contribution in [0.25, 0.3) is 0 Å². The lowest BCUT2D eigenvalue weighted by Gasteiger charge is -2.54. The van der Waals surface area contributed by atoms with Gasteiger partial charge in [0.1, 0.15) is 0 Å². The summed E-state index contributed by atoms with van der Waals surface area (Å²) in [7, 11) is 0. The third-order valence-corrected chi connectivity index (χ3v) is 7.99. The highest BCUT2D eigenvalue weighted by Crippen LogP contribution is 2.55. The number of carboxylic acid groups (broad SMARTS) is 1. The number of aliphatic carboxylic acids is 1. The third-order valence-electron chi connectivity index (χ3n) is 7.99. The molecule has 0 aromatic heterocycles. The fraction of sp³-hybridized carbons (Fsp3) is 0.920.